The van der Waals surface area contributed by atoms with Crippen LogP contribution in [0.3, 0.4) is 0 Å². The van der Waals surface area contributed by atoms with Crippen LogP contribution < -0.4 is 0 Å². The molecule has 1 rings (SSSR count). The Morgan fingerprint density at radius 2 is 2.28 bits per heavy atom. The molecule has 1 N–H and O–H groups in total. The lowest BCUT2D eigenvalue weighted by Gasteiger charge is -2.23. The van der Waals surface area contributed by atoms with Crippen LogP contribution in [0.4, 0.5) is 0 Å². The first-order valence-electron chi connectivity index (χ1n) is 5.75. The first-order chi connectivity index (χ1) is 8.37. The molecule has 0 amide bonds. The predicted molar refractivity (Wildman–Crippen MR) is 64.7 cm³/mol. The summed E-state index contributed by atoms with van der Waals surface area (Å²) in [6.07, 6.45) is 1.99. The summed E-state index contributed by atoms with van der Waals surface area (Å²) in [6.45, 7) is 7.31. The fraction of sp³-hybridized carbons (Fsp3) is 0.583. The molecule has 0 fully saturated rings. The summed E-state index contributed by atoms with van der Waals surface area (Å²) >= 11 is 0. The van der Waals surface area contributed by atoms with E-state index in [2.05, 4.69) is 10.1 Å². The number of hydrogen-bond donors (Lipinski definition) is 1. The van der Waals surface area contributed by atoms with Crippen molar-refractivity contribution in [2.24, 2.45) is 0 Å². The van der Waals surface area contributed by atoms with Gasteiger partial charge in [0.2, 0.25) is 0 Å². The third-order valence-electron chi connectivity index (χ3n) is 2.71. The Morgan fingerprint density at radius 1 is 1.61 bits per heavy atom. The smallest absolute Gasteiger partial charge is 0.330 e. The van der Waals surface area contributed by atoms with Gasteiger partial charge in [-0.2, -0.15) is 4.98 Å². The highest BCUT2D eigenvalue weighted by molar-refractivity contribution is 5.86. The quantitative estimate of drug-likeness (QED) is 0.629. The van der Waals surface area contributed by atoms with Gasteiger partial charge in [-0.25, -0.2) is 4.79 Å². The third kappa shape index (κ3) is 3.40. The molecule has 0 radical (unpaired) electrons. The molecule has 1 atom stereocenters. The van der Waals surface area contributed by atoms with Crippen molar-refractivity contribution in [1.82, 2.24) is 10.1 Å². The van der Waals surface area contributed by atoms with Crippen LogP contribution in [0.25, 0.3) is 6.08 Å². The molecule has 100 valence electrons. The second-order valence-corrected chi connectivity index (χ2v) is 4.44. The van der Waals surface area contributed by atoms with Crippen LogP contribution in [-0.4, -0.2) is 33.9 Å². The van der Waals surface area contributed by atoms with Crippen LogP contribution in [0, 0.1) is 0 Å². The second-order valence-electron chi connectivity index (χ2n) is 4.44. The van der Waals surface area contributed by atoms with Crippen molar-refractivity contribution in [3.63, 3.8) is 0 Å². The molecule has 0 spiro atoms. The maximum atomic E-state index is 11.1. The predicted octanol–water partition coefficient (Wildman–Crippen LogP) is 1.30. The van der Waals surface area contributed by atoms with Crippen LogP contribution >= 0.6 is 0 Å². The summed E-state index contributed by atoms with van der Waals surface area (Å²) in [6, 6.07) is 0. The van der Waals surface area contributed by atoms with Gasteiger partial charge < -0.3 is 14.4 Å². The molecular formula is C12H18N2O4. The maximum Gasteiger partial charge on any atom is 0.330 e. The molecule has 1 unspecified atom stereocenters. The minimum absolute atomic E-state index is 0.201. The van der Waals surface area contributed by atoms with E-state index in [1.54, 1.807) is 27.7 Å². The highest BCUT2D eigenvalue weighted by Crippen LogP contribution is 2.24. The molecular weight excluding hydrogens is 236 g/mol. The zero-order valence-electron chi connectivity index (χ0n) is 11.0. The van der Waals surface area contributed by atoms with E-state index in [9.17, 15) is 9.90 Å². The molecule has 0 aliphatic rings. The first-order valence-corrected chi connectivity index (χ1v) is 5.75. The fourth-order valence-electron chi connectivity index (χ4n) is 1.08. The Hall–Kier alpha value is -1.69. The maximum absolute atomic E-state index is 11.1. The Bertz CT molecular complexity index is 435. The van der Waals surface area contributed by atoms with Crippen LogP contribution in [0.5, 0.6) is 0 Å². The van der Waals surface area contributed by atoms with Crippen LogP contribution in [-0.2, 0) is 14.9 Å². The van der Waals surface area contributed by atoms with Gasteiger partial charge in [-0.15, -0.1) is 0 Å². The highest BCUT2D eigenvalue weighted by atomic mass is 16.5. The van der Waals surface area contributed by atoms with E-state index in [1.165, 1.54) is 12.2 Å². The molecule has 0 bridgehead atoms. The van der Waals surface area contributed by atoms with Crippen molar-refractivity contribution in [3.8, 4) is 0 Å². The Kier molecular flexibility index (Phi) is 4.61. The van der Waals surface area contributed by atoms with Gasteiger partial charge in [-0.3, -0.25) is 0 Å². The molecule has 1 aromatic rings. The topological polar surface area (TPSA) is 85.5 Å². The normalized spacial score (nSPS) is 13.8. The Morgan fingerprint density at radius 3 is 2.83 bits per heavy atom. The molecule has 1 aromatic heterocycles. The van der Waals surface area contributed by atoms with Gasteiger partial charge in [0.15, 0.2) is 5.82 Å². The average molecular weight is 254 g/mol. The summed E-state index contributed by atoms with van der Waals surface area (Å²) < 4.78 is 9.68. The molecule has 6 heteroatoms. The van der Waals surface area contributed by atoms with Gasteiger partial charge in [-0.1, -0.05) is 19.0 Å². The van der Waals surface area contributed by atoms with E-state index in [4.69, 9.17) is 9.26 Å². The third-order valence-corrected chi connectivity index (χ3v) is 2.71. The number of aliphatic hydroxyl groups is 1. The summed E-state index contributed by atoms with van der Waals surface area (Å²) in [7, 11) is 0. The van der Waals surface area contributed by atoms with Crippen molar-refractivity contribution < 1.29 is 19.2 Å². The van der Waals surface area contributed by atoms with Gasteiger partial charge in [0, 0.05) is 12.2 Å². The van der Waals surface area contributed by atoms with E-state index in [0.29, 0.717) is 12.4 Å². The van der Waals surface area contributed by atoms with Crippen LogP contribution in [0.1, 0.15) is 39.4 Å². The molecule has 0 aromatic carbocycles. The molecule has 0 saturated heterocycles. The molecule has 18 heavy (non-hydrogen) atoms. The zero-order chi connectivity index (χ0) is 13.8. The van der Waals surface area contributed by atoms with Crippen molar-refractivity contribution in [2.45, 2.75) is 39.2 Å². The van der Waals surface area contributed by atoms with E-state index >= 15 is 0 Å². The van der Waals surface area contributed by atoms with Gasteiger partial charge >= 0.3 is 5.97 Å². The fourth-order valence-corrected chi connectivity index (χ4v) is 1.08. The number of hydrogen-bond acceptors (Lipinski definition) is 6. The first kappa shape index (κ1) is 14.4. The van der Waals surface area contributed by atoms with Crippen LogP contribution in [0.15, 0.2) is 10.6 Å². The summed E-state index contributed by atoms with van der Waals surface area (Å²) in [4.78, 5) is 15.2. The van der Waals surface area contributed by atoms with E-state index < -0.39 is 17.5 Å². The number of aliphatic hydroxyl groups excluding tert-OH is 1. The number of aromatic nitrogens is 2. The summed E-state index contributed by atoms with van der Waals surface area (Å²) in [5, 5.41) is 13.4. The largest absolute Gasteiger partial charge is 0.463 e. The SMILES string of the molecule is CCOC(=O)/C=C/c1nc(C(C)(C)C(C)O)no1. The van der Waals surface area contributed by atoms with Crippen molar-refractivity contribution in [1.29, 1.82) is 0 Å². The standard InChI is InChI=1S/C12H18N2O4/c1-5-17-10(16)7-6-9-13-11(14-18-9)12(3,4)8(2)15/h6-8,15H,5H2,1-4H3/b7-6+. The molecule has 6 nitrogen and oxygen atoms in total. The van der Waals surface area contributed by atoms with Crippen molar-refractivity contribution in [2.75, 3.05) is 6.61 Å². The van der Waals surface area contributed by atoms with Crippen molar-refractivity contribution in [3.05, 3.63) is 17.8 Å². The highest BCUT2D eigenvalue weighted by Gasteiger charge is 2.31. The molecule has 0 aliphatic heterocycles. The lowest BCUT2D eigenvalue weighted by atomic mass is 9.87. The van der Waals surface area contributed by atoms with Gasteiger partial charge in [0.05, 0.1) is 18.1 Å². The van der Waals surface area contributed by atoms with E-state index in [1.807, 2.05) is 0 Å². The lowest BCUT2D eigenvalue weighted by Crippen LogP contribution is -2.32. The van der Waals surface area contributed by atoms with Crippen LogP contribution in [0.2, 0.25) is 0 Å². The minimum atomic E-state index is -0.614. The average Bonchev–Trinajstić information content (AvgIpc) is 2.75. The molecule has 1 heterocycles. The Labute approximate surface area is 106 Å². The zero-order valence-corrected chi connectivity index (χ0v) is 11.0. The van der Waals surface area contributed by atoms with Gasteiger partial charge in [-0.05, 0) is 13.8 Å². The van der Waals surface area contributed by atoms with E-state index in [-0.39, 0.29) is 5.89 Å². The Balaban J connectivity index is 2.78. The summed E-state index contributed by atoms with van der Waals surface area (Å²) in [5.41, 5.74) is -0.612. The summed E-state index contributed by atoms with van der Waals surface area (Å²) in [5.74, 6) is 0.125. The number of carbonyl (C=O) groups is 1. The van der Waals surface area contributed by atoms with Gasteiger partial charge in [0.1, 0.15) is 0 Å². The number of nitrogens with zero attached hydrogens (tertiary/aromatic N) is 2. The minimum Gasteiger partial charge on any atom is -0.463 e. The monoisotopic (exact) mass is 254 g/mol. The lowest BCUT2D eigenvalue weighted by molar-refractivity contribution is -0.137. The number of rotatable bonds is 5. The molecule has 0 saturated carbocycles. The van der Waals surface area contributed by atoms with Crippen molar-refractivity contribution >= 4 is 12.0 Å². The number of carbonyl (C=O) groups excluding carboxylic acids is 1. The molecule has 0 aliphatic carbocycles. The number of esters is 1. The van der Waals surface area contributed by atoms with E-state index in [0.717, 1.165) is 0 Å². The van der Waals surface area contributed by atoms with Gasteiger partial charge in [0.25, 0.3) is 5.89 Å². The number of ether oxygens (including phenoxy) is 1. The second kappa shape index (κ2) is 5.77.